The molecule has 122 valence electrons. The van der Waals surface area contributed by atoms with E-state index in [1.807, 2.05) is 0 Å². The third kappa shape index (κ3) is 5.07. The SMILES string of the molecule is CCCCC(=O)NCC(c1ccc(F)cc1)N1CCOCC1. The van der Waals surface area contributed by atoms with Crippen molar-refractivity contribution in [2.24, 2.45) is 0 Å². The van der Waals surface area contributed by atoms with Crippen molar-refractivity contribution < 1.29 is 13.9 Å². The molecule has 0 spiro atoms. The molecule has 0 bridgehead atoms. The zero-order valence-electron chi connectivity index (χ0n) is 13.2. The number of carbonyl (C=O) groups is 1. The van der Waals surface area contributed by atoms with Crippen molar-refractivity contribution in [1.29, 1.82) is 0 Å². The number of ether oxygens (including phenoxy) is 1. The molecule has 1 aromatic rings. The average molecular weight is 308 g/mol. The van der Waals surface area contributed by atoms with Gasteiger partial charge in [0.2, 0.25) is 5.91 Å². The molecule has 1 unspecified atom stereocenters. The number of hydrogen-bond donors (Lipinski definition) is 1. The summed E-state index contributed by atoms with van der Waals surface area (Å²) in [5.74, 6) is -0.154. The number of nitrogens with zero attached hydrogens (tertiary/aromatic N) is 1. The summed E-state index contributed by atoms with van der Waals surface area (Å²) in [4.78, 5) is 14.1. The summed E-state index contributed by atoms with van der Waals surface area (Å²) < 4.78 is 18.5. The molecule has 2 rings (SSSR count). The van der Waals surface area contributed by atoms with Crippen molar-refractivity contribution in [3.05, 3.63) is 35.6 Å². The van der Waals surface area contributed by atoms with Gasteiger partial charge in [0, 0.05) is 26.1 Å². The fraction of sp³-hybridized carbons (Fsp3) is 0.588. The van der Waals surface area contributed by atoms with Crippen LogP contribution in [0.3, 0.4) is 0 Å². The van der Waals surface area contributed by atoms with E-state index in [0.29, 0.717) is 26.2 Å². The van der Waals surface area contributed by atoms with Gasteiger partial charge >= 0.3 is 0 Å². The Kier molecular flexibility index (Phi) is 6.80. The summed E-state index contributed by atoms with van der Waals surface area (Å²) in [5.41, 5.74) is 1.03. The molecule has 1 aliphatic heterocycles. The van der Waals surface area contributed by atoms with Crippen LogP contribution >= 0.6 is 0 Å². The quantitative estimate of drug-likeness (QED) is 0.841. The summed E-state index contributed by atoms with van der Waals surface area (Å²) in [5, 5.41) is 3.01. The lowest BCUT2D eigenvalue weighted by Crippen LogP contribution is -2.43. The van der Waals surface area contributed by atoms with E-state index in [1.54, 1.807) is 12.1 Å². The lowest BCUT2D eigenvalue weighted by Gasteiger charge is -2.35. The number of morpholine rings is 1. The first-order chi connectivity index (χ1) is 10.7. The minimum Gasteiger partial charge on any atom is -0.379 e. The third-order valence-corrected chi connectivity index (χ3v) is 3.99. The molecule has 1 saturated heterocycles. The zero-order valence-corrected chi connectivity index (χ0v) is 13.2. The summed E-state index contributed by atoms with van der Waals surface area (Å²) in [6.45, 7) is 5.67. The molecule has 1 N–H and O–H groups in total. The van der Waals surface area contributed by atoms with Crippen molar-refractivity contribution >= 4 is 5.91 Å². The van der Waals surface area contributed by atoms with E-state index in [2.05, 4.69) is 17.1 Å². The first-order valence-corrected chi connectivity index (χ1v) is 8.04. The number of benzene rings is 1. The first kappa shape index (κ1) is 16.9. The highest BCUT2D eigenvalue weighted by atomic mass is 19.1. The van der Waals surface area contributed by atoms with Crippen molar-refractivity contribution in [2.75, 3.05) is 32.8 Å². The van der Waals surface area contributed by atoms with E-state index in [1.165, 1.54) is 12.1 Å². The number of hydrogen-bond acceptors (Lipinski definition) is 3. The molecule has 1 heterocycles. The highest BCUT2D eigenvalue weighted by molar-refractivity contribution is 5.75. The Bertz CT molecular complexity index is 458. The van der Waals surface area contributed by atoms with Crippen LogP contribution in [0.4, 0.5) is 4.39 Å². The molecule has 22 heavy (non-hydrogen) atoms. The molecule has 4 nitrogen and oxygen atoms in total. The first-order valence-electron chi connectivity index (χ1n) is 8.04. The molecule has 0 aromatic heterocycles. The maximum absolute atomic E-state index is 13.1. The second kappa shape index (κ2) is 8.86. The topological polar surface area (TPSA) is 41.6 Å². The summed E-state index contributed by atoms with van der Waals surface area (Å²) in [7, 11) is 0. The summed E-state index contributed by atoms with van der Waals surface area (Å²) in [6.07, 6.45) is 2.48. The van der Waals surface area contributed by atoms with Crippen LogP contribution in [0.25, 0.3) is 0 Å². The van der Waals surface area contributed by atoms with E-state index < -0.39 is 0 Å². The van der Waals surface area contributed by atoms with E-state index in [0.717, 1.165) is 31.5 Å². The Morgan fingerprint density at radius 3 is 2.64 bits per heavy atom. The van der Waals surface area contributed by atoms with E-state index in [4.69, 9.17) is 4.74 Å². The molecule has 1 fully saturated rings. The van der Waals surface area contributed by atoms with Gasteiger partial charge in [-0.15, -0.1) is 0 Å². The predicted molar refractivity (Wildman–Crippen MR) is 84.1 cm³/mol. The largest absolute Gasteiger partial charge is 0.379 e. The Balaban J connectivity index is 2.01. The third-order valence-electron chi connectivity index (χ3n) is 3.99. The number of amides is 1. The van der Waals surface area contributed by atoms with Crippen molar-refractivity contribution in [2.45, 2.75) is 32.2 Å². The number of rotatable bonds is 7. The fourth-order valence-electron chi connectivity index (χ4n) is 2.67. The van der Waals surface area contributed by atoms with Crippen molar-refractivity contribution in [3.63, 3.8) is 0 Å². The molecule has 1 atom stereocenters. The standard InChI is InChI=1S/C17H25FN2O2/c1-2-3-4-17(21)19-13-16(20-9-11-22-12-10-20)14-5-7-15(18)8-6-14/h5-8,16H,2-4,9-13H2,1H3,(H,19,21). The fourth-order valence-corrected chi connectivity index (χ4v) is 2.67. The van der Waals surface area contributed by atoms with Crippen LogP contribution in [0.2, 0.25) is 0 Å². The predicted octanol–water partition coefficient (Wildman–Crippen LogP) is 2.51. The Hall–Kier alpha value is -1.46. The van der Waals surface area contributed by atoms with Crippen LogP contribution < -0.4 is 5.32 Å². The van der Waals surface area contributed by atoms with Gasteiger partial charge in [-0.25, -0.2) is 4.39 Å². The van der Waals surface area contributed by atoms with Crippen molar-refractivity contribution in [1.82, 2.24) is 10.2 Å². The van der Waals surface area contributed by atoms with Crippen LogP contribution in [0.1, 0.15) is 37.8 Å². The number of unbranched alkanes of at least 4 members (excludes halogenated alkanes) is 1. The molecule has 1 amide bonds. The Morgan fingerprint density at radius 2 is 2.00 bits per heavy atom. The smallest absolute Gasteiger partial charge is 0.220 e. The van der Waals surface area contributed by atoms with Gasteiger partial charge < -0.3 is 10.1 Å². The molecule has 1 aromatic carbocycles. The minimum atomic E-state index is -0.239. The lowest BCUT2D eigenvalue weighted by molar-refractivity contribution is -0.121. The van der Waals surface area contributed by atoms with E-state index in [-0.39, 0.29) is 17.8 Å². The molecule has 0 aliphatic carbocycles. The van der Waals surface area contributed by atoms with Crippen molar-refractivity contribution in [3.8, 4) is 0 Å². The molecule has 0 radical (unpaired) electrons. The second-order valence-corrected chi connectivity index (χ2v) is 5.62. The highest BCUT2D eigenvalue weighted by Crippen LogP contribution is 2.21. The van der Waals surface area contributed by atoms with Crippen LogP contribution in [-0.4, -0.2) is 43.7 Å². The molecule has 0 saturated carbocycles. The highest BCUT2D eigenvalue weighted by Gasteiger charge is 2.23. The van der Waals surface area contributed by atoms with Gasteiger partial charge in [0.25, 0.3) is 0 Å². The number of halogens is 1. The molecule has 1 aliphatic rings. The van der Waals surface area contributed by atoms with Crippen LogP contribution in [0.5, 0.6) is 0 Å². The van der Waals surface area contributed by atoms with Crippen LogP contribution in [-0.2, 0) is 9.53 Å². The molecular weight excluding hydrogens is 283 g/mol. The summed E-state index contributed by atoms with van der Waals surface area (Å²) >= 11 is 0. The van der Waals surface area contributed by atoms with Gasteiger partial charge in [-0.1, -0.05) is 25.5 Å². The minimum absolute atomic E-state index is 0.0649. The van der Waals surface area contributed by atoms with Gasteiger partial charge in [-0.2, -0.15) is 0 Å². The average Bonchev–Trinajstić information content (AvgIpc) is 2.55. The van der Waals surface area contributed by atoms with Crippen LogP contribution in [0.15, 0.2) is 24.3 Å². The maximum Gasteiger partial charge on any atom is 0.220 e. The number of carbonyl (C=O) groups excluding carboxylic acids is 1. The van der Waals surface area contributed by atoms with Gasteiger partial charge in [0.1, 0.15) is 5.82 Å². The van der Waals surface area contributed by atoms with Gasteiger partial charge in [-0.05, 0) is 24.1 Å². The van der Waals surface area contributed by atoms with E-state index >= 15 is 0 Å². The lowest BCUT2D eigenvalue weighted by atomic mass is 10.0. The maximum atomic E-state index is 13.1. The van der Waals surface area contributed by atoms with Crippen LogP contribution in [0, 0.1) is 5.82 Å². The van der Waals surface area contributed by atoms with Gasteiger partial charge in [0.15, 0.2) is 0 Å². The molecular formula is C17H25FN2O2. The van der Waals surface area contributed by atoms with Gasteiger partial charge in [-0.3, -0.25) is 9.69 Å². The van der Waals surface area contributed by atoms with Gasteiger partial charge in [0.05, 0.1) is 19.3 Å². The second-order valence-electron chi connectivity index (χ2n) is 5.62. The zero-order chi connectivity index (χ0) is 15.8. The van der Waals surface area contributed by atoms with E-state index in [9.17, 15) is 9.18 Å². The normalized spacial score (nSPS) is 17.2. The Morgan fingerprint density at radius 1 is 1.32 bits per heavy atom. The number of nitrogens with one attached hydrogen (secondary N) is 1. The molecule has 5 heteroatoms. The monoisotopic (exact) mass is 308 g/mol. The Labute approximate surface area is 131 Å². The summed E-state index contributed by atoms with van der Waals surface area (Å²) in [6, 6.07) is 6.61.